The topological polar surface area (TPSA) is 61.4 Å². The van der Waals surface area contributed by atoms with Crippen molar-refractivity contribution in [3.63, 3.8) is 0 Å². The lowest BCUT2D eigenvalue weighted by atomic mass is 10.1. The van der Waals surface area contributed by atoms with Crippen LogP contribution in [0.4, 0.5) is 4.79 Å². The maximum Gasteiger partial charge on any atom is 0.314 e. The Morgan fingerprint density at radius 3 is 2.47 bits per heavy atom. The molecule has 90 valence electrons. The molecule has 2 amide bonds. The Balaban J connectivity index is 3.46. The number of carbonyl (C=O) groups excluding carboxylic acids is 1. The van der Waals surface area contributed by atoms with Crippen LogP contribution >= 0.6 is 0 Å². The van der Waals surface area contributed by atoms with Crippen LogP contribution in [0.15, 0.2) is 0 Å². The average Bonchev–Trinajstić information content (AvgIpc) is 2.14. The van der Waals surface area contributed by atoms with Crippen molar-refractivity contribution in [2.45, 2.75) is 46.1 Å². The number of carbonyl (C=O) groups is 1. The van der Waals surface area contributed by atoms with Crippen LogP contribution in [0.2, 0.25) is 0 Å². The van der Waals surface area contributed by atoms with E-state index in [9.17, 15) is 4.79 Å². The standard InChI is InChI=1S/C11H24N2O2/c1-9(2)6-7-12-11(15)13-10(3)5-4-8-14/h9-10,14H,4-8H2,1-3H3,(H2,12,13,15). The van der Waals surface area contributed by atoms with Crippen LogP contribution in [0.5, 0.6) is 0 Å². The minimum Gasteiger partial charge on any atom is -0.396 e. The molecule has 0 saturated heterocycles. The van der Waals surface area contributed by atoms with Crippen molar-refractivity contribution in [3.05, 3.63) is 0 Å². The summed E-state index contributed by atoms with van der Waals surface area (Å²) in [6, 6.07) is 0.0114. The fourth-order valence-corrected chi connectivity index (χ4v) is 1.22. The highest BCUT2D eigenvalue weighted by Gasteiger charge is 2.05. The largest absolute Gasteiger partial charge is 0.396 e. The van der Waals surface area contributed by atoms with E-state index in [4.69, 9.17) is 5.11 Å². The number of urea groups is 1. The fourth-order valence-electron chi connectivity index (χ4n) is 1.22. The van der Waals surface area contributed by atoms with Gasteiger partial charge in [0.25, 0.3) is 0 Å². The van der Waals surface area contributed by atoms with Crippen LogP contribution in [-0.4, -0.2) is 30.3 Å². The van der Waals surface area contributed by atoms with Gasteiger partial charge in [0, 0.05) is 19.2 Å². The number of rotatable bonds is 7. The van der Waals surface area contributed by atoms with Crippen molar-refractivity contribution in [3.8, 4) is 0 Å². The van der Waals surface area contributed by atoms with Gasteiger partial charge in [-0.05, 0) is 32.1 Å². The lowest BCUT2D eigenvalue weighted by Crippen LogP contribution is -2.41. The molecule has 0 spiro atoms. The second-order valence-corrected chi connectivity index (χ2v) is 4.35. The summed E-state index contributed by atoms with van der Waals surface area (Å²) in [6.07, 6.45) is 2.54. The van der Waals surface area contributed by atoms with Crippen molar-refractivity contribution in [1.82, 2.24) is 10.6 Å². The van der Waals surface area contributed by atoms with Gasteiger partial charge in [0.05, 0.1) is 0 Å². The SMILES string of the molecule is CC(C)CCNC(=O)NC(C)CCCO. The van der Waals surface area contributed by atoms with Gasteiger partial charge in [0.1, 0.15) is 0 Å². The van der Waals surface area contributed by atoms with E-state index in [1.54, 1.807) is 0 Å². The molecule has 0 radical (unpaired) electrons. The van der Waals surface area contributed by atoms with Gasteiger partial charge in [-0.15, -0.1) is 0 Å². The molecule has 0 fully saturated rings. The third kappa shape index (κ3) is 9.53. The fraction of sp³-hybridized carbons (Fsp3) is 0.909. The predicted molar refractivity (Wildman–Crippen MR) is 61.8 cm³/mol. The first-order chi connectivity index (χ1) is 7.06. The monoisotopic (exact) mass is 216 g/mol. The molecule has 1 unspecified atom stereocenters. The molecule has 4 nitrogen and oxygen atoms in total. The minimum atomic E-state index is -0.110. The summed E-state index contributed by atoms with van der Waals surface area (Å²) in [5.74, 6) is 0.608. The third-order valence-electron chi connectivity index (χ3n) is 2.18. The van der Waals surface area contributed by atoms with Gasteiger partial charge in [-0.25, -0.2) is 4.79 Å². The van der Waals surface area contributed by atoms with E-state index in [2.05, 4.69) is 24.5 Å². The van der Waals surface area contributed by atoms with Crippen molar-refractivity contribution < 1.29 is 9.90 Å². The third-order valence-corrected chi connectivity index (χ3v) is 2.18. The highest BCUT2D eigenvalue weighted by Crippen LogP contribution is 1.97. The van der Waals surface area contributed by atoms with E-state index in [1.165, 1.54) is 0 Å². The van der Waals surface area contributed by atoms with E-state index in [1.807, 2.05) is 6.92 Å². The molecule has 3 N–H and O–H groups in total. The maximum absolute atomic E-state index is 11.3. The normalized spacial score (nSPS) is 12.6. The molecule has 0 aliphatic carbocycles. The molecule has 0 bridgehead atoms. The van der Waals surface area contributed by atoms with Crippen molar-refractivity contribution in [2.24, 2.45) is 5.92 Å². The first kappa shape index (κ1) is 14.2. The van der Waals surface area contributed by atoms with Gasteiger partial charge in [0.2, 0.25) is 0 Å². The molecular formula is C11H24N2O2. The van der Waals surface area contributed by atoms with E-state index in [0.29, 0.717) is 5.92 Å². The van der Waals surface area contributed by atoms with Gasteiger partial charge < -0.3 is 15.7 Å². The van der Waals surface area contributed by atoms with E-state index in [-0.39, 0.29) is 18.7 Å². The Kier molecular flexibility index (Phi) is 8.09. The van der Waals surface area contributed by atoms with Crippen LogP contribution in [0.25, 0.3) is 0 Å². The molecule has 0 aromatic carbocycles. The highest BCUT2D eigenvalue weighted by molar-refractivity contribution is 5.74. The van der Waals surface area contributed by atoms with E-state index >= 15 is 0 Å². The summed E-state index contributed by atoms with van der Waals surface area (Å²) in [5.41, 5.74) is 0. The van der Waals surface area contributed by atoms with Crippen LogP contribution in [0.1, 0.15) is 40.0 Å². The van der Waals surface area contributed by atoms with Gasteiger partial charge in [0.15, 0.2) is 0 Å². The molecular weight excluding hydrogens is 192 g/mol. The highest BCUT2D eigenvalue weighted by atomic mass is 16.3. The number of aliphatic hydroxyl groups is 1. The second-order valence-electron chi connectivity index (χ2n) is 4.35. The Bertz CT molecular complexity index is 172. The Labute approximate surface area is 92.4 Å². The van der Waals surface area contributed by atoms with Gasteiger partial charge in [-0.2, -0.15) is 0 Å². The Hall–Kier alpha value is -0.770. The van der Waals surface area contributed by atoms with Crippen molar-refractivity contribution in [1.29, 1.82) is 0 Å². The molecule has 4 heteroatoms. The molecule has 15 heavy (non-hydrogen) atoms. The molecule has 0 aliphatic rings. The zero-order chi connectivity index (χ0) is 11.7. The Morgan fingerprint density at radius 2 is 1.93 bits per heavy atom. The first-order valence-corrected chi connectivity index (χ1v) is 5.71. The van der Waals surface area contributed by atoms with E-state index in [0.717, 1.165) is 25.8 Å². The lowest BCUT2D eigenvalue weighted by molar-refractivity contribution is 0.234. The van der Waals surface area contributed by atoms with Crippen LogP contribution in [0, 0.1) is 5.92 Å². The van der Waals surface area contributed by atoms with E-state index < -0.39 is 0 Å². The molecule has 1 atom stereocenters. The quantitative estimate of drug-likeness (QED) is 0.604. The number of aliphatic hydroxyl groups excluding tert-OH is 1. The summed E-state index contributed by atoms with van der Waals surface area (Å²) < 4.78 is 0. The number of nitrogens with one attached hydrogen (secondary N) is 2. The summed E-state index contributed by atoms with van der Waals surface area (Å²) in [5, 5.41) is 14.3. The maximum atomic E-state index is 11.3. The molecule has 0 aliphatic heterocycles. The number of hydrogen-bond donors (Lipinski definition) is 3. The van der Waals surface area contributed by atoms with Gasteiger partial charge >= 0.3 is 6.03 Å². The smallest absolute Gasteiger partial charge is 0.314 e. The summed E-state index contributed by atoms with van der Waals surface area (Å²) in [7, 11) is 0. The number of amides is 2. The summed E-state index contributed by atoms with van der Waals surface area (Å²) in [6.45, 7) is 7.10. The molecule has 0 rings (SSSR count). The number of hydrogen-bond acceptors (Lipinski definition) is 2. The van der Waals surface area contributed by atoms with Gasteiger partial charge in [-0.1, -0.05) is 13.8 Å². The van der Waals surface area contributed by atoms with Crippen LogP contribution in [0.3, 0.4) is 0 Å². The van der Waals surface area contributed by atoms with Crippen LogP contribution < -0.4 is 10.6 Å². The average molecular weight is 216 g/mol. The molecule has 0 aromatic heterocycles. The first-order valence-electron chi connectivity index (χ1n) is 5.71. The molecule has 0 heterocycles. The Morgan fingerprint density at radius 1 is 1.27 bits per heavy atom. The van der Waals surface area contributed by atoms with Gasteiger partial charge in [-0.3, -0.25) is 0 Å². The lowest BCUT2D eigenvalue weighted by Gasteiger charge is -2.14. The minimum absolute atomic E-state index is 0.110. The van der Waals surface area contributed by atoms with Crippen LogP contribution in [-0.2, 0) is 0 Å². The zero-order valence-electron chi connectivity index (χ0n) is 10.0. The summed E-state index contributed by atoms with van der Waals surface area (Å²) >= 11 is 0. The van der Waals surface area contributed by atoms with Crippen molar-refractivity contribution in [2.75, 3.05) is 13.2 Å². The molecule has 0 saturated carbocycles. The van der Waals surface area contributed by atoms with Crippen molar-refractivity contribution >= 4 is 6.03 Å². The predicted octanol–water partition coefficient (Wildman–Crippen LogP) is 1.49. The zero-order valence-corrected chi connectivity index (χ0v) is 10.0. The molecule has 0 aromatic rings. The second kappa shape index (κ2) is 8.53. The summed E-state index contributed by atoms with van der Waals surface area (Å²) in [4.78, 5) is 11.3.